The summed E-state index contributed by atoms with van der Waals surface area (Å²) in [6.07, 6.45) is 0.997. The Morgan fingerprint density at radius 1 is 1.30 bits per heavy atom. The summed E-state index contributed by atoms with van der Waals surface area (Å²) < 4.78 is 0. The van der Waals surface area contributed by atoms with Gasteiger partial charge in [-0.2, -0.15) is 5.26 Å². The molecule has 0 saturated carbocycles. The van der Waals surface area contributed by atoms with E-state index in [-0.39, 0.29) is 5.91 Å². The molecule has 0 spiro atoms. The van der Waals surface area contributed by atoms with E-state index in [1.165, 1.54) is 0 Å². The van der Waals surface area contributed by atoms with Crippen molar-refractivity contribution >= 4 is 21.8 Å². The summed E-state index contributed by atoms with van der Waals surface area (Å²) in [7, 11) is 0. The zero-order chi connectivity index (χ0) is 14.4. The molecule has 0 radical (unpaired) electrons. The van der Waals surface area contributed by atoms with Crippen LogP contribution in [-0.4, -0.2) is 53.8 Å². The first-order chi connectivity index (χ1) is 9.74. The van der Waals surface area contributed by atoms with E-state index in [1.807, 2.05) is 4.90 Å². The molecule has 0 aliphatic carbocycles. The van der Waals surface area contributed by atoms with Gasteiger partial charge in [-0.3, -0.25) is 4.79 Å². The maximum absolute atomic E-state index is 12.5. The molecule has 5 heteroatoms. The van der Waals surface area contributed by atoms with Gasteiger partial charge < -0.3 is 9.80 Å². The zero-order valence-electron chi connectivity index (χ0n) is 11.4. The van der Waals surface area contributed by atoms with Gasteiger partial charge in [0, 0.05) is 37.1 Å². The van der Waals surface area contributed by atoms with Gasteiger partial charge in [0.15, 0.2) is 0 Å². The number of hydrogen-bond acceptors (Lipinski definition) is 3. The fraction of sp³-hybridized carbons (Fsp3) is 0.467. The third kappa shape index (κ3) is 3.81. The molecule has 2 rings (SSSR count). The van der Waals surface area contributed by atoms with E-state index < -0.39 is 0 Å². The molecule has 1 fully saturated rings. The van der Waals surface area contributed by atoms with Crippen LogP contribution in [0.15, 0.2) is 24.3 Å². The lowest BCUT2D eigenvalue weighted by Gasteiger charge is -2.21. The van der Waals surface area contributed by atoms with Crippen molar-refractivity contribution in [3.63, 3.8) is 0 Å². The van der Waals surface area contributed by atoms with Gasteiger partial charge in [0.25, 0.3) is 5.91 Å². The Morgan fingerprint density at radius 3 is 2.90 bits per heavy atom. The van der Waals surface area contributed by atoms with Crippen LogP contribution < -0.4 is 0 Å². The minimum atomic E-state index is 0.0304. The number of benzene rings is 1. The number of nitrogens with zero attached hydrogens (tertiary/aromatic N) is 3. The van der Waals surface area contributed by atoms with Crippen LogP contribution in [0, 0.1) is 11.3 Å². The Labute approximate surface area is 128 Å². The van der Waals surface area contributed by atoms with E-state index in [9.17, 15) is 4.79 Å². The van der Waals surface area contributed by atoms with Gasteiger partial charge in [-0.15, -0.1) is 0 Å². The highest BCUT2D eigenvalue weighted by atomic mass is 79.9. The van der Waals surface area contributed by atoms with Crippen molar-refractivity contribution in [1.82, 2.24) is 9.80 Å². The first kappa shape index (κ1) is 15.0. The molecule has 0 aromatic heterocycles. The molecule has 1 aliphatic rings. The standard InChI is InChI=1S/C15H18BrN3O/c16-5-8-18-6-2-7-19(10-9-18)15(20)14-4-1-3-13(11-14)12-17/h1,3-4,11H,2,5-10H2. The fourth-order valence-corrected chi connectivity index (χ4v) is 2.92. The number of amides is 1. The first-order valence-corrected chi connectivity index (χ1v) is 7.94. The molecule has 0 atom stereocenters. The molecule has 1 aromatic carbocycles. The van der Waals surface area contributed by atoms with E-state index >= 15 is 0 Å². The summed E-state index contributed by atoms with van der Waals surface area (Å²) in [6.45, 7) is 4.51. The minimum absolute atomic E-state index is 0.0304. The van der Waals surface area contributed by atoms with E-state index in [1.54, 1.807) is 24.3 Å². The van der Waals surface area contributed by atoms with Gasteiger partial charge in [-0.25, -0.2) is 0 Å². The van der Waals surface area contributed by atoms with Crippen molar-refractivity contribution in [1.29, 1.82) is 5.26 Å². The summed E-state index contributed by atoms with van der Waals surface area (Å²) in [6, 6.07) is 9.01. The lowest BCUT2D eigenvalue weighted by Crippen LogP contribution is -2.35. The molecule has 0 N–H and O–H groups in total. The average molecular weight is 336 g/mol. The van der Waals surface area contributed by atoms with Crippen LogP contribution in [0.25, 0.3) is 0 Å². The summed E-state index contributed by atoms with van der Waals surface area (Å²) in [5, 5.41) is 9.87. The topological polar surface area (TPSA) is 47.3 Å². The van der Waals surface area contributed by atoms with Gasteiger partial charge in [-0.1, -0.05) is 22.0 Å². The lowest BCUT2D eigenvalue weighted by molar-refractivity contribution is 0.0762. The lowest BCUT2D eigenvalue weighted by atomic mass is 10.1. The van der Waals surface area contributed by atoms with Gasteiger partial charge >= 0.3 is 0 Å². The Hall–Kier alpha value is -1.38. The zero-order valence-corrected chi connectivity index (χ0v) is 13.0. The maximum atomic E-state index is 12.5. The third-order valence-corrected chi connectivity index (χ3v) is 3.87. The average Bonchev–Trinajstić information content (AvgIpc) is 2.73. The smallest absolute Gasteiger partial charge is 0.253 e. The van der Waals surface area contributed by atoms with Crippen LogP contribution in [-0.2, 0) is 0 Å². The SMILES string of the molecule is N#Cc1cccc(C(=O)N2CCCN(CCBr)CC2)c1. The molecule has 4 nitrogen and oxygen atoms in total. The predicted octanol–water partition coefficient (Wildman–Crippen LogP) is 2.10. The van der Waals surface area contributed by atoms with Crippen LogP contribution >= 0.6 is 15.9 Å². The van der Waals surface area contributed by atoms with Gasteiger partial charge in [0.2, 0.25) is 0 Å². The molecule has 1 amide bonds. The summed E-state index contributed by atoms with van der Waals surface area (Å²) in [4.78, 5) is 16.7. The van der Waals surface area contributed by atoms with Crippen LogP contribution in [0.2, 0.25) is 0 Å². The molecule has 1 saturated heterocycles. The Bertz CT molecular complexity index is 512. The normalized spacial score (nSPS) is 16.5. The van der Waals surface area contributed by atoms with Crippen molar-refractivity contribution < 1.29 is 4.79 Å². The molecule has 0 unspecified atom stereocenters. The quantitative estimate of drug-likeness (QED) is 0.795. The van der Waals surface area contributed by atoms with E-state index in [4.69, 9.17) is 5.26 Å². The van der Waals surface area contributed by atoms with Crippen molar-refractivity contribution in [2.75, 3.05) is 38.1 Å². The Kier molecular flexibility index (Phi) is 5.57. The number of hydrogen-bond donors (Lipinski definition) is 0. The van der Waals surface area contributed by atoms with Crippen molar-refractivity contribution in [2.45, 2.75) is 6.42 Å². The van der Waals surface area contributed by atoms with Crippen LogP contribution in [0.1, 0.15) is 22.3 Å². The number of nitriles is 1. The minimum Gasteiger partial charge on any atom is -0.337 e. The first-order valence-electron chi connectivity index (χ1n) is 6.82. The molecule has 0 bridgehead atoms. The molecule has 1 aromatic rings. The fourth-order valence-electron chi connectivity index (χ4n) is 2.42. The molecule has 20 heavy (non-hydrogen) atoms. The largest absolute Gasteiger partial charge is 0.337 e. The highest BCUT2D eigenvalue weighted by molar-refractivity contribution is 9.09. The summed E-state index contributed by atoms with van der Waals surface area (Å²) in [5.74, 6) is 0.0304. The summed E-state index contributed by atoms with van der Waals surface area (Å²) >= 11 is 3.45. The van der Waals surface area contributed by atoms with Crippen molar-refractivity contribution in [2.24, 2.45) is 0 Å². The van der Waals surface area contributed by atoms with Crippen molar-refractivity contribution in [3.05, 3.63) is 35.4 Å². The van der Waals surface area contributed by atoms with Gasteiger partial charge in [0.1, 0.15) is 0 Å². The number of alkyl halides is 1. The Morgan fingerprint density at radius 2 is 2.15 bits per heavy atom. The molecule has 1 heterocycles. The van der Waals surface area contributed by atoms with Crippen LogP contribution in [0.3, 0.4) is 0 Å². The highest BCUT2D eigenvalue weighted by Crippen LogP contribution is 2.11. The van der Waals surface area contributed by atoms with Crippen molar-refractivity contribution in [3.8, 4) is 6.07 Å². The third-order valence-electron chi connectivity index (χ3n) is 3.52. The molecular formula is C15H18BrN3O. The summed E-state index contributed by atoms with van der Waals surface area (Å²) in [5.41, 5.74) is 1.14. The molecule has 106 valence electrons. The monoisotopic (exact) mass is 335 g/mol. The number of carbonyl (C=O) groups is 1. The maximum Gasteiger partial charge on any atom is 0.253 e. The van der Waals surface area contributed by atoms with E-state index in [2.05, 4.69) is 26.9 Å². The van der Waals surface area contributed by atoms with E-state index in [0.717, 1.165) is 44.5 Å². The van der Waals surface area contributed by atoms with Gasteiger partial charge in [-0.05, 0) is 31.2 Å². The van der Waals surface area contributed by atoms with Crippen LogP contribution in [0.5, 0.6) is 0 Å². The van der Waals surface area contributed by atoms with E-state index in [0.29, 0.717) is 11.1 Å². The van der Waals surface area contributed by atoms with Gasteiger partial charge in [0.05, 0.1) is 11.6 Å². The second kappa shape index (κ2) is 7.41. The second-order valence-electron chi connectivity index (χ2n) is 4.87. The van der Waals surface area contributed by atoms with Crippen LogP contribution in [0.4, 0.5) is 0 Å². The Balaban J connectivity index is 2.03. The number of rotatable bonds is 3. The second-order valence-corrected chi connectivity index (χ2v) is 5.66. The highest BCUT2D eigenvalue weighted by Gasteiger charge is 2.20. The molecular weight excluding hydrogens is 318 g/mol. The number of carbonyl (C=O) groups excluding carboxylic acids is 1. The molecule has 1 aliphatic heterocycles. The number of halogens is 1. The predicted molar refractivity (Wildman–Crippen MR) is 81.9 cm³/mol.